The van der Waals surface area contributed by atoms with E-state index in [-0.39, 0.29) is 9.76 Å². The molecule has 1 unspecified atom stereocenters. The van der Waals surface area contributed by atoms with Crippen molar-refractivity contribution in [2.45, 2.75) is 26.2 Å². The lowest BCUT2D eigenvalue weighted by Crippen LogP contribution is -2.44. The molecular formula is C10H28O3Si6. The van der Waals surface area contributed by atoms with Gasteiger partial charge in [0, 0.05) is 0 Å². The van der Waals surface area contributed by atoms with Crippen LogP contribution in [0.15, 0.2) is 30.3 Å². The summed E-state index contributed by atoms with van der Waals surface area (Å²) in [5.74, 6) is 0. The quantitative estimate of drug-likeness (QED) is 0.534. The molecule has 9 heteroatoms. The van der Waals surface area contributed by atoms with Crippen molar-refractivity contribution in [1.29, 1.82) is 0 Å². The second kappa shape index (κ2) is 11.1. The molecule has 0 aliphatic rings. The average molecular weight is 365 g/mol. The van der Waals surface area contributed by atoms with Crippen molar-refractivity contribution in [3.05, 3.63) is 30.3 Å². The Hall–Kier alpha value is 0.401. The molecule has 1 aromatic carbocycles. The van der Waals surface area contributed by atoms with Gasteiger partial charge in [0.1, 0.15) is 30.7 Å². The second-order valence-corrected chi connectivity index (χ2v) is 22.5. The predicted molar refractivity (Wildman–Crippen MR) is 103 cm³/mol. The Morgan fingerprint density at radius 2 is 1.68 bits per heavy atom. The standard InChI is InChI=1S/C9H20O2Si4.CH8OSi2/c1-14(9-7-5-4-6-8-9)11-13-15(2,3)10-12;1-4-2-3/h4-8,14H,13H2,1-3,12H3;4H2,1,3H3. The summed E-state index contributed by atoms with van der Waals surface area (Å²) < 4.78 is 16.6. The summed E-state index contributed by atoms with van der Waals surface area (Å²) in [6, 6.07) is 10.6. The van der Waals surface area contributed by atoms with Gasteiger partial charge >= 0.3 is 0 Å². The van der Waals surface area contributed by atoms with Crippen LogP contribution in [0.4, 0.5) is 0 Å². The zero-order valence-corrected chi connectivity index (χ0v) is 22.1. The number of rotatable bonds is 6. The van der Waals surface area contributed by atoms with Crippen molar-refractivity contribution < 1.29 is 12.3 Å². The third-order valence-electron chi connectivity index (χ3n) is 2.79. The van der Waals surface area contributed by atoms with Gasteiger partial charge in [0.05, 0.1) is 0 Å². The number of benzene rings is 1. The van der Waals surface area contributed by atoms with Crippen molar-refractivity contribution in [2.75, 3.05) is 0 Å². The first-order chi connectivity index (χ1) is 8.96. The van der Waals surface area contributed by atoms with Crippen molar-refractivity contribution in [1.82, 2.24) is 0 Å². The van der Waals surface area contributed by atoms with Gasteiger partial charge in [-0.25, -0.2) is 0 Å². The molecule has 0 amide bonds. The predicted octanol–water partition coefficient (Wildman–Crippen LogP) is -2.24. The van der Waals surface area contributed by atoms with Crippen LogP contribution in [0, 0.1) is 0 Å². The van der Waals surface area contributed by atoms with E-state index in [0.29, 0.717) is 0 Å². The Kier molecular flexibility index (Phi) is 11.3. The highest BCUT2D eigenvalue weighted by molar-refractivity contribution is 7.19. The van der Waals surface area contributed by atoms with Crippen LogP contribution in [-0.2, 0) is 12.3 Å². The van der Waals surface area contributed by atoms with Crippen LogP contribution in [0.3, 0.4) is 0 Å². The highest BCUT2D eigenvalue weighted by Crippen LogP contribution is 2.01. The van der Waals surface area contributed by atoms with Crippen molar-refractivity contribution in [2.24, 2.45) is 0 Å². The van der Waals surface area contributed by atoms with Crippen LogP contribution in [0.1, 0.15) is 0 Å². The Morgan fingerprint density at radius 3 is 2.11 bits per heavy atom. The van der Waals surface area contributed by atoms with Gasteiger partial charge in [0.25, 0.3) is 0 Å². The van der Waals surface area contributed by atoms with Crippen LogP contribution in [-0.4, -0.2) is 56.9 Å². The molecule has 0 radical (unpaired) electrons. The Morgan fingerprint density at radius 1 is 1.16 bits per heavy atom. The molecule has 0 saturated carbocycles. The molecule has 1 rings (SSSR count). The molecule has 1 aromatic rings. The minimum atomic E-state index is -1.36. The highest BCUT2D eigenvalue weighted by atomic mass is 29.2. The Balaban J connectivity index is 0.000000711. The lowest BCUT2D eigenvalue weighted by atomic mass is 10.4. The van der Waals surface area contributed by atoms with Crippen LogP contribution < -0.4 is 5.19 Å². The van der Waals surface area contributed by atoms with Crippen LogP contribution in [0.5, 0.6) is 0 Å². The molecule has 1 atom stereocenters. The second-order valence-electron chi connectivity index (χ2n) is 4.91. The molecule has 0 aliphatic heterocycles. The van der Waals surface area contributed by atoms with E-state index in [2.05, 4.69) is 56.5 Å². The van der Waals surface area contributed by atoms with Crippen LogP contribution >= 0.6 is 0 Å². The minimum Gasteiger partial charge on any atom is -0.468 e. The summed E-state index contributed by atoms with van der Waals surface area (Å²) in [5, 5.41) is 1.41. The fraction of sp³-hybridized carbons (Fsp3) is 0.400. The van der Waals surface area contributed by atoms with Gasteiger partial charge in [0.15, 0.2) is 26.2 Å². The SMILES string of the molecule is C[SiH2]O[SiH3].C[SiH](O[SiH2][Si](C)(C)O[SiH3])c1ccccc1. The topological polar surface area (TPSA) is 27.7 Å². The molecule has 0 aromatic heterocycles. The van der Waals surface area contributed by atoms with Gasteiger partial charge in [0.2, 0.25) is 0 Å². The fourth-order valence-corrected chi connectivity index (χ4v) is 12.7. The van der Waals surface area contributed by atoms with Gasteiger partial charge in [-0.1, -0.05) is 36.9 Å². The van der Waals surface area contributed by atoms with E-state index < -0.39 is 26.2 Å². The van der Waals surface area contributed by atoms with Gasteiger partial charge in [-0.05, 0) is 24.8 Å². The van der Waals surface area contributed by atoms with E-state index in [4.69, 9.17) is 12.3 Å². The summed E-state index contributed by atoms with van der Waals surface area (Å²) in [5.41, 5.74) is 0. The first-order valence-electron chi connectivity index (χ1n) is 6.67. The highest BCUT2D eigenvalue weighted by Gasteiger charge is 2.22. The molecule has 0 spiro atoms. The Labute approximate surface area is 131 Å². The molecule has 0 bridgehead atoms. The van der Waals surface area contributed by atoms with Crippen molar-refractivity contribution in [3.63, 3.8) is 0 Å². The van der Waals surface area contributed by atoms with Crippen LogP contribution in [0.2, 0.25) is 26.2 Å². The molecule has 0 aliphatic carbocycles. The van der Waals surface area contributed by atoms with Gasteiger partial charge in [-0.15, -0.1) is 0 Å². The monoisotopic (exact) mass is 364 g/mol. The number of hydrogen-bond acceptors (Lipinski definition) is 3. The molecule has 3 nitrogen and oxygen atoms in total. The Bertz CT molecular complexity index is 322. The first-order valence-corrected chi connectivity index (χ1v) is 18.3. The maximum absolute atomic E-state index is 6.12. The van der Waals surface area contributed by atoms with E-state index in [0.717, 1.165) is 21.0 Å². The van der Waals surface area contributed by atoms with Gasteiger partial charge in [-0.2, -0.15) is 0 Å². The molecule has 0 N–H and O–H groups in total. The molecule has 110 valence electrons. The van der Waals surface area contributed by atoms with Gasteiger partial charge in [-0.3, -0.25) is 0 Å². The van der Waals surface area contributed by atoms with Crippen molar-refractivity contribution in [3.8, 4) is 0 Å². The molecular weight excluding hydrogens is 337 g/mol. The number of hydrogen-bond donors (Lipinski definition) is 0. The fourth-order valence-electron chi connectivity index (χ4n) is 1.20. The normalized spacial score (nSPS) is 14.1. The molecule has 0 heterocycles. The maximum Gasteiger partial charge on any atom is 0.191 e. The largest absolute Gasteiger partial charge is 0.468 e. The summed E-state index contributed by atoms with van der Waals surface area (Å²) in [6.07, 6.45) is 0. The summed E-state index contributed by atoms with van der Waals surface area (Å²) >= 11 is 0. The lowest BCUT2D eigenvalue weighted by Gasteiger charge is -2.22. The minimum absolute atomic E-state index is 0.0139. The third-order valence-corrected chi connectivity index (χ3v) is 20.4. The van der Waals surface area contributed by atoms with E-state index in [1.165, 1.54) is 5.19 Å². The van der Waals surface area contributed by atoms with Crippen LogP contribution in [0.25, 0.3) is 0 Å². The average Bonchev–Trinajstić information content (AvgIpc) is 2.46. The third kappa shape index (κ3) is 9.86. The zero-order chi connectivity index (χ0) is 14.7. The molecule has 19 heavy (non-hydrogen) atoms. The zero-order valence-electron chi connectivity index (χ0n) is 13.1. The smallest absolute Gasteiger partial charge is 0.191 e. The first kappa shape index (κ1) is 19.4. The van der Waals surface area contributed by atoms with E-state index in [9.17, 15) is 0 Å². The summed E-state index contributed by atoms with van der Waals surface area (Å²) in [7, 11) is -1.14. The maximum atomic E-state index is 6.12. The summed E-state index contributed by atoms with van der Waals surface area (Å²) in [6.45, 7) is 8.95. The van der Waals surface area contributed by atoms with E-state index >= 15 is 0 Å². The summed E-state index contributed by atoms with van der Waals surface area (Å²) in [4.78, 5) is 0. The lowest BCUT2D eigenvalue weighted by molar-refractivity contribution is 0.598. The van der Waals surface area contributed by atoms with E-state index in [1.54, 1.807) is 0 Å². The van der Waals surface area contributed by atoms with Gasteiger partial charge < -0.3 is 12.3 Å². The molecule has 0 fully saturated rings. The molecule has 0 saturated heterocycles. The van der Waals surface area contributed by atoms with Crippen molar-refractivity contribution >= 4 is 62.1 Å². The van der Waals surface area contributed by atoms with E-state index in [1.807, 2.05) is 0 Å².